The number of nitrogens with zero attached hydrogens (tertiary/aromatic N) is 1. The molecule has 5 heteroatoms. The van der Waals surface area contributed by atoms with Gasteiger partial charge in [0.1, 0.15) is 0 Å². The van der Waals surface area contributed by atoms with Gasteiger partial charge >= 0.3 is 0 Å². The topological polar surface area (TPSA) is 24.9 Å². The van der Waals surface area contributed by atoms with Gasteiger partial charge in [0.2, 0.25) is 5.92 Å². The molecule has 1 aromatic heterocycles. The molecule has 2 rings (SSSR count). The van der Waals surface area contributed by atoms with Crippen molar-refractivity contribution >= 4 is 11.3 Å². The molecule has 0 saturated heterocycles. The van der Waals surface area contributed by atoms with Crippen molar-refractivity contribution in [2.24, 2.45) is 5.92 Å². The van der Waals surface area contributed by atoms with Crippen molar-refractivity contribution in [1.29, 1.82) is 0 Å². The fourth-order valence-corrected chi connectivity index (χ4v) is 2.71. The summed E-state index contributed by atoms with van der Waals surface area (Å²) in [4.78, 5) is 5.35. The zero-order valence-corrected chi connectivity index (χ0v) is 10.3. The van der Waals surface area contributed by atoms with Crippen LogP contribution in [0.3, 0.4) is 0 Å². The smallest absolute Gasteiger partial charge is 0.248 e. The summed E-state index contributed by atoms with van der Waals surface area (Å²) in [6.07, 6.45) is 0.0612. The first kappa shape index (κ1) is 11.9. The minimum atomic E-state index is -2.42. The lowest BCUT2D eigenvalue weighted by molar-refractivity contribution is -0.117. The highest BCUT2D eigenvalue weighted by atomic mass is 32.1. The maximum absolute atomic E-state index is 12.7. The van der Waals surface area contributed by atoms with E-state index < -0.39 is 5.92 Å². The van der Waals surface area contributed by atoms with Crippen LogP contribution in [0.2, 0.25) is 0 Å². The summed E-state index contributed by atoms with van der Waals surface area (Å²) in [5.74, 6) is -2.30. The number of rotatable bonds is 4. The van der Waals surface area contributed by atoms with E-state index in [1.165, 1.54) is 4.88 Å². The van der Waals surface area contributed by atoms with Gasteiger partial charge in [0.15, 0.2) is 0 Å². The van der Waals surface area contributed by atoms with Gasteiger partial charge in [-0.05, 0) is 19.8 Å². The summed E-state index contributed by atoms with van der Waals surface area (Å²) >= 11 is 1.61. The Morgan fingerprint density at radius 2 is 2.31 bits per heavy atom. The van der Waals surface area contributed by atoms with E-state index in [-0.39, 0.29) is 24.8 Å². The van der Waals surface area contributed by atoms with E-state index in [1.807, 2.05) is 19.4 Å². The standard InChI is InChI=1S/C11H16F2N2S/c1-7(9-3-11(12,13)4-9)14-5-10-8(2)15-6-16-10/h6-7,9,14H,3-5H2,1-2H3. The van der Waals surface area contributed by atoms with Gasteiger partial charge in [-0.1, -0.05) is 0 Å². The third-order valence-corrected chi connectivity index (χ3v) is 4.19. The molecule has 2 nitrogen and oxygen atoms in total. The fraction of sp³-hybridized carbons (Fsp3) is 0.727. The summed E-state index contributed by atoms with van der Waals surface area (Å²) in [5, 5.41) is 3.30. The van der Waals surface area contributed by atoms with E-state index in [4.69, 9.17) is 0 Å². The van der Waals surface area contributed by atoms with Crippen molar-refractivity contribution in [3.63, 3.8) is 0 Å². The molecule has 1 aliphatic carbocycles. The minimum Gasteiger partial charge on any atom is -0.309 e. The van der Waals surface area contributed by atoms with Crippen LogP contribution in [-0.2, 0) is 6.54 Å². The summed E-state index contributed by atoms with van der Waals surface area (Å²) in [6.45, 7) is 4.69. The predicted octanol–water partition coefficient (Wildman–Crippen LogP) is 2.97. The number of aromatic nitrogens is 1. The molecule has 16 heavy (non-hydrogen) atoms. The van der Waals surface area contributed by atoms with E-state index in [0.717, 1.165) is 12.2 Å². The molecule has 1 atom stereocenters. The minimum absolute atomic E-state index is 0.0306. The molecule has 0 aliphatic heterocycles. The molecule has 1 saturated carbocycles. The van der Waals surface area contributed by atoms with Crippen LogP contribution in [-0.4, -0.2) is 16.9 Å². The predicted molar refractivity (Wildman–Crippen MR) is 60.8 cm³/mol. The molecule has 0 amide bonds. The van der Waals surface area contributed by atoms with Crippen molar-refractivity contribution in [2.45, 2.75) is 45.2 Å². The Morgan fingerprint density at radius 3 is 2.81 bits per heavy atom. The third kappa shape index (κ3) is 2.58. The Kier molecular flexibility index (Phi) is 3.26. The Hall–Kier alpha value is -0.550. The normalized spacial score (nSPS) is 21.8. The molecule has 0 radical (unpaired) electrons. The molecule has 90 valence electrons. The number of nitrogens with one attached hydrogen (secondary N) is 1. The summed E-state index contributed by atoms with van der Waals surface area (Å²) in [6, 6.07) is 0.154. The van der Waals surface area contributed by atoms with Crippen molar-refractivity contribution < 1.29 is 8.78 Å². The second-order valence-electron chi connectivity index (χ2n) is 4.55. The van der Waals surface area contributed by atoms with Crippen LogP contribution in [0, 0.1) is 12.8 Å². The highest BCUT2D eigenvalue weighted by Crippen LogP contribution is 2.43. The number of alkyl halides is 2. The van der Waals surface area contributed by atoms with E-state index in [9.17, 15) is 8.78 Å². The quantitative estimate of drug-likeness (QED) is 0.883. The zero-order valence-electron chi connectivity index (χ0n) is 9.46. The molecule has 1 fully saturated rings. The average Bonchev–Trinajstić information content (AvgIpc) is 2.56. The molecule has 1 aliphatic rings. The molecule has 1 heterocycles. The van der Waals surface area contributed by atoms with E-state index in [1.54, 1.807) is 11.3 Å². The summed E-state index contributed by atoms with van der Waals surface area (Å²) in [7, 11) is 0. The molecule has 1 N–H and O–H groups in total. The lowest BCUT2D eigenvalue weighted by Gasteiger charge is -2.39. The van der Waals surface area contributed by atoms with Gasteiger partial charge in [-0.2, -0.15) is 0 Å². The average molecular weight is 246 g/mol. The first-order chi connectivity index (χ1) is 7.48. The van der Waals surface area contributed by atoms with Crippen molar-refractivity contribution in [3.8, 4) is 0 Å². The highest BCUT2D eigenvalue weighted by molar-refractivity contribution is 7.09. The van der Waals surface area contributed by atoms with Gasteiger partial charge in [-0.15, -0.1) is 11.3 Å². The van der Waals surface area contributed by atoms with Crippen LogP contribution in [0.5, 0.6) is 0 Å². The Labute approximate surface area is 98.1 Å². The maximum atomic E-state index is 12.7. The van der Waals surface area contributed by atoms with Crippen LogP contribution in [0.25, 0.3) is 0 Å². The number of aryl methyl sites for hydroxylation is 1. The van der Waals surface area contributed by atoms with Crippen molar-refractivity contribution in [1.82, 2.24) is 10.3 Å². The van der Waals surface area contributed by atoms with Crippen LogP contribution >= 0.6 is 11.3 Å². The van der Waals surface area contributed by atoms with Gasteiger partial charge in [0.25, 0.3) is 0 Å². The highest BCUT2D eigenvalue weighted by Gasteiger charge is 2.47. The van der Waals surface area contributed by atoms with Crippen LogP contribution < -0.4 is 5.32 Å². The van der Waals surface area contributed by atoms with E-state index >= 15 is 0 Å². The van der Waals surface area contributed by atoms with Crippen LogP contribution in [0.1, 0.15) is 30.3 Å². The first-order valence-electron chi connectivity index (χ1n) is 5.48. The summed E-state index contributed by atoms with van der Waals surface area (Å²) in [5.41, 5.74) is 2.85. The Balaban J connectivity index is 1.77. The number of hydrogen-bond donors (Lipinski definition) is 1. The largest absolute Gasteiger partial charge is 0.309 e. The van der Waals surface area contributed by atoms with Crippen LogP contribution in [0.4, 0.5) is 8.78 Å². The molecular weight excluding hydrogens is 230 g/mol. The number of thiazole rings is 1. The van der Waals surface area contributed by atoms with Crippen molar-refractivity contribution in [3.05, 3.63) is 16.1 Å². The first-order valence-corrected chi connectivity index (χ1v) is 6.36. The lowest BCUT2D eigenvalue weighted by Crippen LogP contribution is -2.46. The van der Waals surface area contributed by atoms with Gasteiger partial charge < -0.3 is 5.32 Å². The van der Waals surface area contributed by atoms with Gasteiger partial charge in [0.05, 0.1) is 11.2 Å². The van der Waals surface area contributed by atoms with E-state index in [0.29, 0.717) is 0 Å². The van der Waals surface area contributed by atoms with Crippen molar-refractivity contribution in [2.75, 3.05) is 0 Å². The molecule has 0 spiro atoms. The fourth-order valence-electron chi connectivity index (χ4n) is 1.98. The molecule has 0 aromatic carbocycles. The zero-order chi connectivity index (χ0) is 11.8. The lowest BCUT2D eigenvalue weighted by atomic mass is 9.77. The molecular formula is C11H16F2N2S. The Morgan fingerprint density at radius 1 is 1.62 bits per heavy atom. The Bertz CT molecular complexity index is 357. The number of hydrogen-bond acceptors (Lipinski definition) is 3. The second kappa shape index (κ2) is 4.37. The number of halogens is 2. The summed E-state index contributed by atoms with van der Waals surface area (Å²) < 4.78 is 25.4. The third-order valence-electron chi connectivity index (χ3n) is 3.26. The maximum Gasteiger partial charge on any atom is 0.248 e. The second-order valence-corrected chi connectivity index (χ2v) is 5.49. The molecule has 0 bridgehead atoms. The van der Waals surface area contributed by atoms with Gasteiger partial charge in [0, 0.05) is 30.3 Å². The van der Waals surface area contributed by atoms with Gasteiger partial charge in [-0.25, -0.2) is 13.8 Å². The van der Waals surface area contributed by atoms with Gasteiger partial charge in [-0.3, -0.25) is 0 Å². The van der Waals surface area contributed by atoms with E-state index in [2.05, 4.69) is 10.3 Å². The SMILES string of the molecule is Cc1ncsc1CNC(C)C1CC(F)(F)C1. The monoisotopic (exact) mass is 246 g/mol. The van der Waals surface area contributed by atoms with Crippen LogP contribution in [0.15, 0.2) is 5.51 Å². The molecule has 1 unspecified atom stereocenters. The molecule has 1 aromatic rings.